The van der Waals surface area contributed by atoms with Gasteiger partial charge in [-0.3, -0.25) is 4.79 Å². The highest BCUT2D eigenvalue weighted by atomic mass is 16.5. The van der Waals surface area contributed by atoms with Crippen molar-refractivity contribution in [3.63, 3.8) is 0 Å². The molecule has 0 aliphatic carbocycles. The smallest absolute Gasteiger partial charge is 0.223 e. The third kappa shape index (κ3) is 4.57. The molecule has 0 radical (unpaired) electrons. The lowest BCUT2D eigenvalue weighted by Gasteiger charge is -2.13. The van der Waals surface area contributed by atoms with Crippen LogP contribution < -0.4 is 10.1 Å². The number of para-hydroxylation sites is 2. The van der Waals surface area contributed by atoms with Crippen LogP contribution in [0.2, 0.25) is 0 Å². The number of ether oxygens (including phenoxy) is 1. The molecule has 1 amide bonds. The maximum absolute atomic E-state index is 12.3. The van der Waals surface area contributed by atoms with Crippen LogP contribution in [0.3, 0.4) is 0 Å². The summed E-state index contributed by atoms with van der Waals surface area (Å²) in [4.78, 5) is 21.3. The number of nitrogens with one attached hydrogen (secondary N) is 1. The van der Waals surface area contributed by atoms with Gasteiger partial charge in [0.15, 0.2) is 0 Å². The number of hydrogen-bond donors (Lipinski definition) is 1. The minimum absolute atomic E-state index is 0.0175. The maximum atomic E-state index is 12.3. The van der Waals surface area contributed by atoms with Crippen molar-refractivity contribution >= 4 is 16.8 Å². The summed E-state index contributed by atoms with van der Waals surface area (Å²) in [6.07, 6.45) is 0.651. The van der Waals surface area contributed by atoms with E-state index in [1.807, 2.05) is 68.4 Å². The molecule has 26 heavy (non-hydrogen) atoms. The molecule has 2 aromatic carbocycles. The third-order valence-corrected chi connectivity index (χ3v) is 4.27. The summed E-state index contributed by atoms with van der Waals surface area (Å²) in [5, 5.41) is 3.96. The average Bonchev–Trinajstić information content (AvgIpc) is 2.67. The molecule has 1 heterocycles. The number of aromatic nitrogens is 2. The predicted octanol–water partition coefficient (Wildman–Crippen LogP) is 3.66. The molecule has 1 aromatic heterocycles. The lowest BCUT2D eigenvalue weighted by molar-refractivity contribution is -0.125. The lowest BCUT2D eigenvalue weighted by atomic mass is 10.1. The van der Waals surface area contributed by atoms with Crippen LogP contribution >= 0.6 is 0 Å². The molecule has 0 saturated carbocycles. The first-order valence-electron chi connectivity index (χ1n) is 8.81. The van der Waals surface area contributed by atoms with Crippen LogP contribution in [0.25, 0.3) is 10.9 Å². The van der Waals surface area contributed by atoms with Crippen molar-refractivity contribution in [3.8, 4) is 5.75 Å². The summed E-state index contributed by atoms with van der Waals surface area (Å²) in [5.41, 5.74) is 1.82. The van der Waals surface area contributed by atoms with Crippen molar-refractivity contribution in [2.75, 3.05) is 6.61 Å². The summed E-state index contributed by atoms with van der Waals surface area (Å²) < 4.78 is 5.65. The van der Waals surface area contributed by atoms with Crippen LogP contribution in [-0.4, -0.2) is 22.5 Å². The van der Waals surface area contributed by atoms with E-state index < -0.39 is 0 Å². The summed E-state index contributed by atoms with van der Waals surface area (Å²) in [6, 6.07) is 17.5. The molecule has 3 aromatic rings. The maximum Gasteiger partial charge on any atom is 0.223 e. The molecule has 134 valence electrons. The van der Waals surface area contributed by atoms with Crippen LogP contribution in [0, 0.1) is 12.8 Å². The van der Waals surface area contributed by atoms with E-state index in [1.54, 1.807) is 0 Å². The van der Waals surface area contributed by atoms with Crippen molar-refractivity contribution in [1.82, 2.24) is 15.3 Å². The first kappa shape index (κ1) is 17.9. The summed E-state index contributed by atoms with van der Waals surface area (Å²) in [5.74, 6) is 1.29. The normalized spacial score (nSPS) is 11.9. The van der Waals surface area contributed by atoms with E-state index in [-0.39, 0.29) is 11.8 Å². The Bertz CT molecular complexity index is 881. The van der Waals surface area contributed by atoms with E-state index in [0.717, 1.165) is 22.3 Å². The van der Waals surface area contributed by atoms with Gasteiger partial charge in [-0.05, 0) is 31.5 Å². The Balaban J connectivity index is 1.50. The molecule has 0 aliphatic rings. The first-order chi connectivity index (χ1) is 12.6. The second kappa shape index (κ2) is 8.43. The fraction of sp³-hybridized carbons (Fsp3) is 0.286. The Morgan fingerprint density at radius 2 is 1.81 bits per heavy atom. The number of aryl methyl sites for hydroxylation is 1. The zero-order chi connectivity index (χ0) is 18.4. The highest BCUT2D eigenvalue weighted by molar-refractivity contribution is 5.81. The lowest BCUT2D eigenvalue weighted by Crippen LogP contribution is -2.30. The van der Waals surface area contributed by atoms with Crippen molar-refractivity contribution in [3.05, 3.63) is 66.1 Å². The van der Waals surface area contributed by atoms with E-state index in [1.165, 1.54) is 0 Å². The molecule has 0 bridgehead atoms. The highest BCUT2D eigenvalue weighted by Gasteiger charge is 2.13. The van der Waals surface area contributed by atoms with Gasteiger partial charge >= 0.3 is 0 Å². The van der Waals surface area contributed by atoms with Gasteiger partial charge in [0.2, 0.25) is 5.91 Å². The molecule has 0 spiro atoms. The molecule has 1 N–H and O–H groups in total. The van der Waals surface area contributed by atoms with Gasteiger partial charge in [-0.2, -0.15) is 0 Å². The minimum Gasteiger partial charge on any atom is -0.494 e. The Labute approximate surface area is 153 Å². The Morgan fingerprint density at radius 1 is 1.08 bits per heavy atom. The molecule has 0 fully saturated rings. The largest absolute Gasteiger partial charge is 0.494 e. The average molecular weight is 349 g/mol. The number of carbonyl (C=O) groups excluding carboxylic acids is 1. The highest BCUT2D eigenvalue weighted by Crippen LogP contribution is 2.15. The van der Waals surface area contributed by atoms with E-state index in [2.05, 4.69) is 15.3 Å². The van der Waals surface area contributed by atoms with E-state index in [9.17, 15) is 4.79 Å². The van der Waals surface area contributed by atoms with Crippen LogP contribution in [0.1, 0.15) is 24.9 Å². The van der Waals surface area contributed by atoms with E-state index in [4.69, 9.17) is 4.74 Å². The van der Waals surface area contributed by atoms with Crippen molar-refractivity contribution in [2.45, 2.75) is 26.8 Å². The van der Waals surface area contributed by atoms with Crippen LogP contribution in [0.4, 0.5) is 0 Å². The van der Waals surface area contributed by atoms with Crippen molar-refractivity contribution in [2.24, 2.45) is 5.92 Å². The number of carbonyl (C=O) groups is 1. The monoisotopic (exact) mass is 349 g/mol. The molecule has 5 heteroatoms. The standard InChI is InChI=1S/C21H23N3O2/c1-15(12-13-26-17-8-4-3-5-9-17)21(25)22-14-20-23-16(2)18-10-6-7-11-19(18)24-20/h3-11,15H,12-14H2,1-2H3,(H,22,25). The number of hydrogen-bond acceptors (Lipinski definition) is 4. The number of amides is 1. The van der Waals surface area contributed by atoms with Crippen LogP contribution in [-0.2, 0) is 11.3 Å². The van der Waals surface area contributed by atoms with Crippen molar-refractivity contribution in [1.29, 1.82) is 0 Å². The molecular formula is C21H23N3O2. The number of fused-ring (bicyclic) bond motifs is 1. The van der Waals surface area contributed by atoms with Crippen LogP contribution in [0.15, 0.2) is 54.6 Å². The van der Waals surface area contributed by atoms with Crippen LogP contribution in [0.5, 0.6) is 5.75 Å². The molecule has 0 aliphatic heterocycles. The summed E-state index contributed by atoms with van der Waals surface area (Å²) in [6.45, 7) is 4.69. The van der Waals surface area contributed by atoms with Gasteiger partial charge in [0.1, 0.15) is 11.6 Å². The Hall–Kier alpha value is -2.95. The molecule has 1 atom stereocenters. The summed E-state index contributed by atoms with van der Waals surface area (Å²) >= 11 is 0. The molecule has 5 nitrogen and oxygen atoms in total. The number of nitrogens with zero attached hydrogens (tertiary/aromatic N) is 2. The molecular weight excluding hydrogens is 326 g/mol. The fourth-order valence-electron chi connectivity index (χ4n) is 2.72. The van der Waals surface area contributed by atoms with Gasteiger partial charge in [-0.25, -0.2) is 9.97 Å². The predicted molar refractivity (Wildman–Crippen MR) is 102 cm³/mol. The second-order valence-electron chi connectivity index (χ2n) is 6.31. The zero-order valence-electron chi connectivity index (χ0n) is 15.1. The molecule has 1 unspecified atom stereocenters. The van der Waals surface area contributed by atoms with Gasteiger partial charge in [-0.1, -0.05) is 43.3 Å². The Kier molecular flexibility index (Phi) is 5.79. The Morgan fingerprint density at radius 3 is 2.62 bits per heavy atom. The molecule has 3 rings (SSSR count). The summed E-state index contributed by atoms with van der Waals surface area (Å²) in [7, 11) is 0. The topological polar surface area (TPSA) is 64.1 Å². The third-order valence-electron chi connectivity index (χ3n) is 4.27. The van der Waals surface area contributed by atoms with Gasteiger partial charge in [0.05, 0.1) is 18.7 Å². The van der Waals surface area contributed by atoms with E-state index in [0.29, 0.717) is 25.4 Å². The van der Waals surface area contributed by atoms with Crippen molar-refractivity contribution < 1.29 is 9.53 Å². The molecule has 0 saturated heterocycles. The van der Waals surface area contributed by atoms with Gasteiger partial charge in [0.25, 0.3) is 0 Å². The minimum atomic E-state index is -0.139. The van der Waals surface area contributed by atoms with Gasteiger partial charge < -0.3 is 10.1 Å². The van der Waals surface area contributed by atoms with Gasteiger partial charge in [-0.15, -0.1) is 0 Å². The number of benzene rings is 2. The SMILES string of the molecule is Cc1nc(CNC(=O)C(C)CCOc2ccccc2)nc2ccccc12. The van der Waals surface area contributed by atoms with E-state index >= 15 is 0 Å². The quantitative estimate of drug-likeness (QED) is 0.707. The fourth-order valence-corrected chi connectivity index (χ4v) is 2.72. The first-order valence-corrected chi connectivity index (χ1v) is 8.81. The van der Waals surface area contributed by atoms with Gasteiger partial charge in [0, 0.05) is 17.0 Å². The zero-order valence-corrected chi connectivity index (χ0v) is 15.1. The second-order valence-corrected chi connectivity index (χ2v) is 6.31. The number of rotatable bonds is 7.